The molecule has 1 N–H and O–H groups in total. The van der Waals surface area contributed by atoms with Gasteiger partial charge >= 0.3 is 0 Å². The minimum atomic E-state index is -3.61. The molecule has 2 aromatic carbocycles. The van der Waals surface area contributed by atoms with E-state index in [1.165, 1.54) is 10.4 Å². The summed E-state index contributed by atoms with van der Waals surface area (Å²) in [5.41, 5.74) is 2.17. The van der Waals surface area contributed by atoms with Crippen molar-refractivity contribution in [2.24, 2.45) is 0 Å². The Labute approximate surface area is 192 Å². The highest BCUT2D eigenvalue weighted by Crippen LogP contribution is 2.27. The summed E-state index contributed by atoms with van der Waals surface area (Å²) < 4.78 is 32.9. The summed E-state index contributed by atoms with van der Waals surface area (Å²) in [5, 5.41) is 4.51. The van der Waals surface area contributed by atoms with Crippen LogP contribution >= 0.6 is 11.3 Å². The number of rotatable bonds is 9. The molecule has 2 heterocycles. The minimum Gasteiger partial charge on any atom is -0.489 e. The van der Waals surface area contributed by atoms with Gasteiger partial charge in [0.25, 0.3) is 5.91 Å². The number of hydrogen-bond donors (Lipinski definition) is 1. The molecule has 0 unspecified atom stereocenters. The molecule has 1 aliphatic heterocycles. The zero-order valence-electron chi connectivity index (χ0n) is 17.7. The molecule has 168 valence electrons. The number of benzene rings is 2. The number of nitrogens with one attached hydrogen (secondary N) is 1. The van der Waals surface area contributed by atoms with Gasteiger partial charge in [0.1, 0.15) is 22.1 Å². The summed E-state index contributed by atoms with van der Waals surface area (Å²) in [6.07, 6.45) is 2.37. The van der Waals surface area contributed by atoms with Gasteiger partial charge in [-0.25, -0.2) is 8.42 Å². The van der Waals surface area contributed by atoms with E-state index in [0.29, 0.717) is 32.7 Å². The van der Waals surface area contributed by atoms with Gasteiger partial charge in [0.2, 0.25) is 10.0 Å². The maximum atomic E-state index is 12.8. The molecule has 1 amide bonds. The number of amides is 1. The van der Waals surface area contributed by atoms with Crippen LogP contribution in [-0.4, -0.2) is 38.3 Å². The number of carbonyl (C=O) groups excluding carboxylic acids is 1. The smallest absolute Gasteiger partial charge is 0.262 e. The maximum Gasteiger partial charge on any atom is 0.262 e. The van der Waals surface area contributed by atoms with Crippen molar-refractivity contribution >= 4 is 27.3 Å². The first-order valence-corrected chi connectivity index (χ1v) is 13.0. The molecule has 8 heteroatoms. The van der Waals surface area contributed by atoms with E-state index in [4.69, 9.17) is 4.74 Å². The molecule has 0 bridgehead atoms. The number of nitrogens with zero attached hydrogens (tertiary/aromatic N) is 1. The number of ether oxygens (including phenoxy) is 1. The lowest BCUT2D eigenvalue weighted by atomic mass is 10.1. The van der Waals surface area contributed by atoms with Crippen LogP contribution in [-0.2, 0) is 23.1 Å². The lowest BCUT2D eigenvalue weighted by molar-refractivity contribution is 0.0955. The Morgan fingerprint density at radius 3 is 2.41 bits per heavy atom. The first-order valence-electron chi connectivity index (χ1n) is 10.7. The average Bonchev–Trinajstić information content (AvgIpc) is 3.52. The second-order valence-corrected chi connectivity index (χ2v) is 10.5. The van der Waals surface area contributed by atoms with Crippen LogP contribution in [0.4, 0.5) is 0 Å². The topological polar surface area (TPSA) is 75.7 Å². The first kappa shape index (κ1) is 22.5. The number of sulfonamides is 1. The zero-order chi connectivity index (χ0) is 22.4. The summed E-state index contributed by atoms with van der Waals surface area (Å²) >= 11 is 1.16. The molecule has 1 aliphatic rings. The van der Waals surface area contributed by atoms with Crippen molar-refractivity contribution in [2.75, 3.05) is 19.6 Å². The standard InChI is InChI=1S/C24H26N2O4S2/c27-24(23-22(13-17-31-23)32(28,29)26-15-4-5-16-26)25-14-12-19-8-10-21(11-9-19)30-18-20-6-2-1-3-7-20/h1-3,6-11,13,17H,4-5,12,14-16,18H2,(H,25,27). The molecule has 0 saturated carbocycles. The third-order valence-electron chi connectivity index (χ3n) is 5.39. The van der Waals surface area contributed by atoms with Gasteiger partial charge in [0.05, 0.1) is 0 Å². The van der Waals surface area contributed by atoms with Gasteiger partial charge in [0.15, 0.2) is 0 Å². The molecule has 6 nitrogen and oxygen atoms in total. The molecule has 0 radical (unpaired) electrons. The van der Waals surface area contributed by atoms with Crippen molar-refractivity contribution in [3.05, 3.63) is 82.0 Å². The molecule has 3 aromatic rings. The number of hydrogen-bond acceptors (Lipinski definition) is 5. The predicted molar refractivity (Wildman–Crippen MR) is 126 cm³/mol. The molecule has 0 aliphatic carbocycles. The highest BCUT2D eigenvalue weighted by Gasteiger charge is 2.31. The van der Waals surface area contributed by atoms with Crippen LogP contribution in [0.1, 0.15) is 33.6 Å². The summed E-state index contributed by atoms with van der Waals surface area (Å²) in [7, 11) is -3.61. The van der Waals surface area contributed by atoms with Crippen molar-refractivity contribution in [3.63, 3.8) is 0 Å². The van der Waals surface area contributed by atoms with Crippen LogP contribution in [0.2, 0.25) is 0 Å². The van der Waals surface area contributed by atoms with E-state index < -0.39 is 10.0 Å². The second-order valence-electron chi connectivity index (χ2n) is 7.65. The van der Waals surface area contributed by atoms with E-state index in [0.717, 1.165) is 41.1 Å². The van der Waals surface area contributed by atoms with E-state index in [-0.39, 0.29) is 15.7 Å². The monoisotopic (exact) mass is 470 g/mol. The molecule has 1 aromatic heterocycles. The lowest BCUT2D eigenvalue weighted by Gasteiger charge is -2.15. The van der Waals surface area contributed by atoms with Gasteiger partial charge in [-0.05, 0) is 54.0 Å². The molecule has 1 fully saturated rings. The van der Waals surface area contributed by atoms with Crippen molar-refractivity contribution in [3.8, 4) is 5.75 Å². The Hall–Kier alpha value is -2.68. The number of thiophene rings is 1. The van der Waals surface area contributed by atoms with Gasteiger partial charge < -0.3 is 10.1 Å². The third kappa shape index (κ3) is 5.38. The Morgan fingerprint density at radius 1 is 0.969 bits per heavy atom. The quantitative estimate of drug-likeness (QED) is 0.511. The van der Waals surface area contributed by atoms with E-state index in [2.05, 4.69) is 5.32 Å². The SMILES string of the molecule is O=C(NCCc1ccc(OCc2ccccc2)cc1)c1sccc1S(=O)(=O)N1CCCC1. The fraction of sp³-hybridized carbons (Fsp3) is 0.292. The summed E-state index contributed by atoms with van der Waals surface area (Å²) in [5.74, 6) is 0.442. The van der Waals surface area contributed by atoms with E-state index in [1.807, 2.05) is 54.6 Å². The average molecular weight is 471 g/mol. The van der Waals surface area contributed by atoms with Crippen LogP contribution in [0.5, 0.6) is 5.75 Å². The first-order chi connectivity index (χ1) is 15.5. The predicted octanol–water partition coefficient (Wildman–Crippen LogP) is 4.08. The molecule has 1 saturated heterocycles. The Balaban J connectivity index is 1.29. The third-order valence-corrected chi connectivity index (χ3v) is 8.37. The van der Waals surface area contributed by atoms with Crippen molar-refractivity contribution in [2.45, 2.75) is 30.8 Å². The van der Waals surface area contributed by atoms with Crippen molar-refractivity contribution < 1.29 is 17.9 Å². The largest absolute Gasteiger partial charge is 0.489 e. The maximum absolute atomic E-state index is 12.8. The molecule has 0 spiro atoms. The van der Waals surface area contributed by atoms with Gasteiger partial charge in [-0.2, -0.15) is 4.31 Å². The molecular weight excluding hydrogens is 444 g/mol. The zero-order valence-corrected chi connectivity index (χ0v) is 19.3. The fourth-order valence-corrected chi connectivity index (χ4v) is 6.46. The van der Waals surface area contributed by atoms with Crippen molar-refractivity contribution in [1.29, 1.82) is 0 Å². The van der Waals surface area contributed by atoms with Crippen LogP contribution in [0.3, 0.4) is 0 Å². The van der Waals surface area contributed by atoms with Crippen LogP contribution < -0.4 is 10.1 Å². The Bertz CT molecular complexity index is 1140. The Kier molecular flexibility index (Phi) is 7.24. The minimum absolute atomic E-state index is 0.113. The van der Waals surface area contributed by atoms with Crippen LogP contribution in [0.25, 0.3) is 0 Å². The molecule has 32 heavy (non-hydrogen) atoms. The molecule has 0 atom stereocenters. The van der Waals surface area contributed by atoms with E-state index >= 15 is 0 Å². The van der Waals surface area contributed by atoms with E-state index in [1.54, 1.807) is 5.38 Å². The fourth-order valence-electron chi connectivity index (χ4n) is 3.63. The summed E-state index contributed by atoms with van der Waals surface area (Å²) in [4.78, 5) is 13.0. The summed E-state index contributed by atoms with van der Waals surface area (Å²) in [6.45, 7) is 1.97. The van der Waals surface area contributed by atoms with Crippen molar-refractivity contribution in [1.82, 2.24) is 9.62 Å². The van der Waals surface area contributed by atoms with Gasteiger partial charge in [-0.3, -0.25) is 4.79 Å². The Morgan fingerprint density at radius 2 is 1.69 bits per heavy atom. The normalized spacial score (nSPS) is 14.4. The lowest BCUT2D eigenvalue weighted by Crippen LogP contribution is -2.31. The number of carbonyl (C=O) groups is 1. The van der Waals surface area contributed by atoms with E-state index in [9.17, 15) is 13.2 Å². The van der Waals surface area contributed by atoms with Crippen LogP contribution in [0.15, 0.2) is 70.9 Å². The van der Waals surface area contributed by atoms with Gasteiger partial charge in [-0.15, -0.1) is 11.3 Å². The second kappa shape index (κ2) is 10.3. The van der Waals surface area contributed by atoms with Gasteiger partial charge in [-0.1, -0.05) is 42.5 Å². The van der Waals surface area contributed by atoms with Gasteiger partial charge in [0, 0.05) is 19.6 Å². The van der Waals surface area contributed by atoms with Crippen LogP contribution in [0, 0.1) is 0 Å². The molecule has 4 rings (SSSR count). The highest BCUT2D eigenvalue weighted by molar-refractivity contribution is 7.89. The summed E-state index contributed by atoms with van der Waals surface area (Å²) in [6, 6.07) is 19.3. The highest BCUT2D eigenvalue weighted by atomic mass is 32.2. The molecular formula is C24H26N2O4S2.